The van der Waals surface area contributed by atoms with E-state index in [1.807, 2.05) is 0 Å². The Bertz CT molecular complexity index is 357. The Balaban J connectivity index is 2.19. The zero-order valence-corrected chi connectivity index (χ0v) is 9.72. The Labute approximate surface area is 97.3 Å². The van der Waals surface area contributed by atoms with E-state index in [9.17, 15) is 4.79 Å². The molecule has 0 saturated carbocycles. The van der Waals surface area contributed by atoms with Crippen LogP contribution in [0.3, 0.4) is 0 Å². The van der Waals surface area contributed by atoms with Crippen molar-refractivity contribution in [2.45, 2.75) is 25.6 Å². The van der Waals surface area contributed by atoms with Crippen LogP contribution in [-0.4, -0.2) is 43.8 Å². The molecular weight excluding hydrogens is 234 g/mol. The van der Waals surface area contributed by atoms with Crippen molar-refractivity contribution in [1.29, 1.82) is 0 Å². The molecule has 2 aliphatic heterocycles. The summed E-state index contributed by atoms with van der Waals surface area (Å²) in [5, 5.41) is 3.71. The van der Waals surface area contributed by atoms with Gasteiger partial charge in [-0.3, -0.25) is 9.53 Å². The van der Waals surface area contributed by atoms with Crippen LogP contribution in [0.5, 0.6) is 0 Å². The molecule has 2 fully saturated rings. The van der Waals surface area contributed by atoms with Crippen LogP contribution in [0.15, 0.2) is 5.16 Å². The third-order valence-electron chi connectivity index (χ3n) is 2.26. The fourth-order valence-corrected chi connectivity index (χ4v) is 1.49. The summed E-state index contributed by atoms with van der Waals surface area (Å²) in [7, 11) is 1.37. The normalized spacial score (nSPS) is 38.2. The summed E-state index contributed by atoms with van der Waals surface area (Å²) in [6.45, 7) is 2.71. The van der Waals surface area contributed by atoms with Crippen LogP contribution in [0.25, 0.3) is 0 Å². The van der Waals surface area contributed by atoms with Crippen molar-refractivity contribution >= 4 is 11.7 Å². The van der Waals surface area contributed by atoms with Crippen molar-refractivity contribution in [2.75, 3.05) is 20.3 Å². The van der Waals surface area contributed by atoms with Crippen LogP contribution < -0.4 is 0 Å². The van der Waals surface area contributed by atoms with Gasteiger partial charge in [-0.05, 0) is 0 Å². The predicted octanol–water partition coefficient (Wildman–Crippen LogP) is -0.0695. The Hall–Kier alpha value is -1.22. The third kappa shape index (κ3) is 2.25. The van der Waals surface area contributed by atoms with E-state index in [2.05, 4.69) is 9.99 Å². The molecule has 0 aromatic rings. The number of carbonyl (C=O) groups excluding carboxylic acids is 1. The average Bonchev–Trinajstić information content (AvgIpc) is 2.55. The smallest absolute Gasteiger partial charge is 0.312 e. The molecule has 96 valence electrons. The number of ether oxygens (including phenoxy) is 3. The summed E-state index contributed by atoms with van der Waals surface area (Å²) in [5.41, 5.74) is 0.288. The third-order valence-corrected chi connectivity index (χ3v) is 2.26. The number of rotatable bonds is 3. The minimum absolute atomic E-state index is 0.0889. The van der Waals surface area contributed by atoms with Crippen LogP contribution in [0.2, 0.25) is 0 Å². The standard InChI is InChI=1S/C9H13NO7/c1-6(11)13-5-9-7(10-12-3)4-14-8(2,15-9)16-17-9/h4-5H2,1-3H3/b10-7+/t8-,9+/m0/s1. The molecule has 0 aliphatic carbocycles. The van der Waals surface area contributed by atoms with Crippen molar-refractivity contribution in [1.82, 2.24) is 0 Å². The van der Waals surface area contributed by atoms with Gasteiger partial charge in [0.15, 0.2) is 6.61 Å². The second-order valence-electron chi connectivity index (χ2n) is 3.67. The van der Waals surface area contributed by atoms with Gasteiger partial charge in [0.25, 0.3) is 5.79 Å². The Morgan fingerprint density at radius 3 is 2.94 bits per heavy atom. The molecular formula is C9H13NO7. The predicted molar refractivity (Wildman–Crippen MR) is 51.4 cm³/mol. The average molecular weight is 247 g/mol. The molecule has 2 aliphatic rings. The highest BCUT2D eigenvalue weighted by molar-refractivity contribution is 5.93. The first-order valence-electron chi connectivity index (χ1n) is 4.94. The van der Waals surface area contributed by atoms with Crippen LogP contribution >= 0.6 is 0 Å². The molecule has 17 heavy (non-hydrogen) atoms. The Morgan fingerprint density at radius 2 is 2.29 bits per heavy atom. The van der Waals surface area contributed by atoms with E-state index in [0.29, 0.717) is 0 Å². The first kappa shape index (κ1) is 12.2. The van der Waals surface area contributed by atoms with Gasteiger partial charge >= 0.3 is 11.9 Å². The molecule has 0 N–H and O–H groups in total. The second-order valence-corrected chi connectivity index (χ2v) is 3.67. The summed E-state index contributed by atoms with van der Waals surface area (Å²) >= 11 is 0. The molecule has 8 nitrogen and oxygen atoms in total. The Morgan fingerprint density at radius 1 is 1.53 bits per heavy atom. The molecule has 0 unspecified atom stereocenters. The lowest BCUT2D eigenvalue weighted by Gasteiger charge is -2.32. The number of oxime groups is 1. The lowest BCUT2D eigenvalue weighted by atomic mass is 10.1. The fourth-order valence-electron chi connectivity index (χ4n) is 1.49. The summed E-state index contributed by atoms with van der Waals surface area (Å²) < 4.78 is 15.5. The van der Waals surface area contributed by atoms with Crippen molar-refractivity contribution in [2.24, 2.45) is 5.16 Å². The molecule has 0 radical (unpaired) electrons. The Kier molecular flexibility index (Phi) is 3.04. The van der Waals surface area contributed by atoms with Gasteiger partial charge in [-0.1, -0.05) is 5.16 Å². The maximum atomic E-state index is 10.8. The van der Waals surface area contributed by atoms with E-state index >= 15 is 0 Å². The summed E-state index contributed by atoms with van der Waals surface area (Å²) in [4.78, 5) is 25.4. The maximum Gasteiger partial charge on any atom is 0.312 e. The van der Waals surface area contributed by atoms with Gasteiger partial charge in [-0.15, -0.1) is 0 Å². The van der Waals surface area contributed by atoms with E-state index < -0.39 is 17.7 Å². The van der Waals surface area contributed by atoms with E-state index in [0.717, 1.165) is 0 Å². The van der Waals surface area contributed by atoms with Gasteiger partial charge in [-0.25, -0.2) is 0 Å². The zero-order valence-electron chi connectivity index (χ0n) is 9.72. The van der Waals surface area contributed by atoms with Crippen LogP contribution in [0.1, 0.15) is 13.8 Å². The van der Waals surface area contributed by atoms with Crippen molar-refractivity contribution in [3.8, 4) is 0 Å². The van der Waals surface area contributed by atoms with Gasteiger partial charge < -0.3 is 14.3 Å². The second kappa shape index (κ2) is 4.22. The minimum atomic E-state index is -1.41. The first-order valence-corrected chi connectivity index (χ1v) is 4.94. The van der Waals surface area contributed by atoms with E-state index in [1.165, 1.54) is 21.0 Å². The fraction of sp³-hybridized carbons (Fsp3) is 0.778. The topological polar surface area (TPSA) is 84.8 Å². The summed E-state index contributed by atoms with van der Waals surface area (Å²) in [5.74, 6) is -3.20. The number of hydrogen-bond donors (Lipinski definition) is 0. The highest BCUT2D eigenvalue weighted by Gasteiger charge is 2.60. The van der Waals surface area contributed by atoms with Crippen molar-refractivity contribution in [3.05, 3.63) is 0 Å². The first-order chi connectivity index (χ1) is 8.00. The largest absolute Gasteiger partial charge is 0.460 e. The zero-order chi connectivity index (χ0) is 12.5. The molecule has 0 aromatic carbocycles. The van der Waals surface area contributed by atoms with Crippen LogP contribution in [0.4, 0.5) is 0 Å². The van der Waals surface area contributed by atoms with Gasteiger partial charge in [-0.2, -0.15) is 9.78 Å². The number of esters is 1. The number of fused-ring (bicyclic) bond motifs is 2. The quantitative estimate of drug-likeness (QED) is 0.392. The summed E-state index contributed by atoms with van der Waals surface area (Å²) in [6.07, 6.45) is 0. The van der Waals surface area contributed by atoms with Gasteiger partial charge in [0.1, 0.15) is 12.8 Å². The van der Waals surface area contributed by atoms with Gasteiger partial charge in [0, 0.05) is 13.8 Å². The molecule has 2 saturated heterocycles. The molecule has 0 aromatic heterocycles. The molecule has 0 amide bonds. The molecule has 2 heterocycles. The van der Waals surface area contributed by atoms with Crippen molar-refractivity contribution in [3.63, 3.8) is 0 Å². The van der Waals surface area contributed by atoms with E-state index in [1.54, 1.807) is 0 Å². The lowest BCUT2D eigenvalue weighted by molar-refractivity contribution is -0.400. The van der Waals surface area contributed by atoms with Crippen molar-refractivity contribution < 1.29 is 33.6 Å². The highest BCUT2D eigenvalue weighted by Crippen LogP contribution is 2.39. The van der Waals surface area contributed by atoms with E-state index in [4.69, 9.17) is 24.0 Å². The molecule has 0 spiro atoms. The molecule has 2 bridgehead atoms. The van der Waals surface area contributed by atoms with Crippen LogP contribution in [-0.2, 0) is 33.6 Å². The number of nitrogens with zero attached hydrogens (tertiary/aromatic N) is 1. The number of hydrogen-bond acceptors (Lipinski definition) is 8. The molecule has 2 atom stereocenters. The highest BCUT2D eigenvalue weighted by atomic mass is 17.3. The van der Waals surface area contributed by atoms with Gasteiger partial charge in [0.2, 0.25) is 0 Å². The number of carbonyl (C=O) groups is 1. The maximum absolute atomic E-state index is 10.8. The van der Waals surface area contributed by atoms with E-state index in [-0.39, 0.29) is 18.9 Å². The molecule has 2 rings (SSSR count). The molecule has 8 heteroatoms. The van der Waals surface area contributed by atoms with Gasteiger partial charge in [0.05, 0.1) is 6.61 Å². The lowest BCUT2D eigenvalue weighted by Crippen LogP contribution is -2.53. The minimum Gasteiger partial charge on any atom is -0.460 e. The van der Waals surface area contributed by atoms with Crippen LogP contribution in [0, 0.1) is 0 Å². The SMILES string of the molecule is CO/N=C1\CO[C@]2(C)OO[C@@]1(COC(C)=O)O2. The monoisotopic (exact) mass is 247 g/mol. The summed E-state index contributed by atoms with van der Waals surface area (Å²) in [6, 6.07) is 0.